The Hall–Kier alpha value is -2.54. The molecule has 0 bridgehead atoms. The highest BCUT2D eigenvalue weighted by Crippen LogP contribution is 2.12. The van der Waals surface area contributed by atoms with Gasteiger partial charge in [0, 0.05) is 24.5 Å². The molecule has 126 valence electrons. The molecule has 0 aromatic rings. The lowest BCUT2D eigenvalue weighted by molar-refractivity contribution is -0.135. The molecule has 0 unspecified atom stereocenters. The predicted octanol–water partition coefficient (Wildman–Crippen LogP) is 3.06. The smallest absolute Gasteiger partial charge is 0.338 e. The first-order chi connectivity index (χ1) is 10.5. The molecule has 0 saturated carbocycles. The van der Waals surface area contributed by atoms with Gasteiger partial charge in [0.05, 0.1) is 4.86 Å². The molecule has 1 aliphatic carbocycles. The summed E-state index contributed by atoms with van der Waals surface area (Å²) in [5.41, 5.74) is 0.549. The van der Waals surface area contributed by atoms with Crippen LogP contribution in [0.2, 0.25) is 0 Å². The summed E-state index contributed by atoms with van der Waals surface area (Å²) < 4.78 is 5.00. The van der Waals surface area contributed by atoms with Crippen molar-refractivity contribution in [3.05, 3.63) is 48.3 Å². The number of carbonyl (C=O) groups excluding carboxylic acids is 1. The third-order valence-electron chi connectivity index (χ3n) is 1.88. The highest BCUT2D eigenvalue weighted by Gasteiger charge is 2.12. The highest BCUT2D eigenvalue weighted by atomic mass is 32.1. The standard InChI is InChI=1S/C10H10O2S.C4H6O2.C2H4O2/c1-7(2)10(11)12-8-5-3-4-6-9(8)13;1-3(2)4(5)6;1-2(3)4/h3-5H,1,6H2,2H3;1H2,2H3,(H,5,6);1H3,(H,3,4). The van der Waals surface area contributed by atoms with Crippen molar-refractivity contribution in [3.63, 3.8) is 0 Å². The van der Waals surface area contributed by atoms with Crippen LogP contribution in [0.5, 0.6) is 0 Å². The van der Waals surface area contributed by atoms with E-state index in [1.165, 1.54) is 6.92 Å². The van der Waals surface area contributed by atoms with Crippen LogP contribution in [0, 0.1) is 0 Å². The molecule has 7 heteroatoms. The Kier molecular flexibility index (Phi) is 11.9. The van der Waals surface area contributed by atoms with Crippen molar-refractivity contribution in [1.29, 1.82) is 0 Å². The molecule has 1 aliphatic rings. The van der Waals surface area contributed by atoms with E-state index in [0.29, 0.717) is 22.6 Å². The van der Waals surface area contributed by atoms with Crippen LogP contribution in [0.4, 0.5) is 0 Å². The number of esters is 1. The van der Waals surface area contributed by atoms with Crippen molar-refractivity contribution in [3.8, 4) is 0 Å². The van der Waals surface area contributed by atoms with E-state index in [1.807, 2.05) is 12.2 Å². The van der Waals surface area contributed by atoms with Gasteiger partial charge in [-0.2, -0.15) is 0 Å². The minimum Gasteiger partial charge on any atom is -0.481 e. The van der Waals surface area contributed by atoms with E-state index < -0.39 is 17.9 Å². The minimum atomic E-state index is -0.935. The Labute approximate surface area is 140 Å². The molecule has 0 heterocycles. The summed E-state index contributed by atoms with van der Waals surface area (Å²) in [4.78, 5) is 30.4. The van der Waals surface area contributed by atoms with E-state index in [4.69, 9.17) is 32.0 Å². The van der Waals surface area contributed by atoms with Crippen LogP contribution in [0.25, 0.3) is 0 Å². The van der Waals surface area contributed by atoms with E-state index in [0.717, 1.165) is 6.92 Å². The largest absolute Gasteiger partial charge is 0.481 e. The maximum atomic E-state index is 11.1. The molecule has 0 aliphatic heterocycles. The lowest BCUT2D eigenvalue weighted by Gasteiger charge is -2.10. The van der Waals surface area contributed by atoms with Gasteiger partial charge in [-0.3, -0.25) is 4.79 Å². The molecular formula is C16H20O6S. The molecule has 0 saturated heterocycles. The van der Waals surface area contributed by atoms with Crippen LogP contribution < -0.4 is 0 Å². The first-order valence-corrected chi connectivity index (χ1v) is 6.75. The van der Waals surface area contributed by atoms with Crippen molar-refractivity contribution in [1.82, 2.24) is 0 Å². The normalized spacial score (nSPS) is 11.6. The second kappa shape index (κ2) is 12.0. The average molecular weight is 340 g/mol. The molecule has 0 fully saturated rings. The Bertz CT molecular complexity index is 553. The van der Waals surface area contributed by atoms with Crippen molar-refractivity contribution in [2.24, 2.45) is 0 Å². The summed E-state index contributed by atoms with van der Waals surface area (Å²) in [5.74, 6) is -1.73. The summed E-state index contributed by atoms with van der Waals surface area (Å²) >= 11 is 5.01. The molecule has 0 aromatic heterocycles. The molecule has 1 rings (SSSR count). The fraction of sp³-hybridized carbons (Fsp3) is 0.250. The van der Waals surface area contributed by atoms with E-state index in [1.54, 1.807) is 13.0 Å². The third kappa shape index (κ3) is 14.2. The SMILES string of the molecule is C=C(C)C(=O)O.C=C(C)C(=O)OC1=CC=CCC1=S.CC(=O)O. The van der Waals surface area contributed by atoms with Crippen LogP contribution in [-0.2, 0) is 19.1 Å². The zero-order chi connectivity index (χ0) is 18.6. The third-order valence-corrected chi connectivity index (χ3v) is 2.25. The summed E-state index contributed by atoms with van der Waals surface area (Å²) in [6.07, 6.45) is 6.08. The van der Waals surface area contributed by atoms with Crippen LogP contribution >= 0.6 is 12.2 Å². The quantitative estimate of drug-likeness (QED) is 0.462. The molecule has 6 nitrogen and oxygen atoms in total. The minimum absolute atomic E-state index is 0.176. The molecule has 0 aromatic carbocycles. The number of hydrogen-bond donors (Lipinski definition) is 2. The van der Waals surface area contributed by atoms with E-state index >= 15 is 0 Å². The van der Waals surface area contributed by atoms with Crippen molar-refractivity contribution in [2.45, 2.75) is 27.2 Å². The molecular weight excluding hydrogens is 320 g/mol. The van der Waals surface area contributed by atoms with E-state index in [-0.39, 0.29) is 5.57 Å². The van der Waals surface area contributed by atoms with Gasteiger partial charge < -0.3 is 14.9 Å². The zero-order valence-electron chi connectivity index (χ0n) is 13.3. The van der Waals surface area contributed by atoms with Gasteiger partial charge in [-0.25, -0.2) is 9.59 Å². The first-order valence-electron chi connectivity index (χ1n) is 6.35. The second-order valence-corrected chi connectivity index (χ2v) is 4.85. The van der Waals surface area contributed by atoms with Crippen LogP contribution in [-0.4, -0.2) is 33.0 Å². The topological polar surface area (TPSA) is 101 Å². The second-order valence-electron chi connectivity index (χ2n) is 4.36. The van der Waals surface area contributed by atoms with Gasteiger partial charge in [-0.05, 0) is 19.9 Å². The van der Waals surface area contributed by atoms with Crippen LogP contribution in [0.3, 0.4) is 0 Å². The van der Waals surface area contributed by atoms with Crippen molar-refractivity contribution >= 4 is 35.0 Å². The Morgan fingerprint density at radius 2 is 1.57 bits per heavy atom. The number of carboxylic acids is 2. The summed E-state index contributed by atoms with van der Waals surface area (Å²) in [5, 5.41) is 15.3. The lowest BCUT2D eigenvalue weighted by atomic mass is 10.1. The van der Waals surface area contributed by atoms with Gasteiger partial charge >= 0.3 is 11.9 Å². The number of rotatable bonds is 3. The molecule has 0 atom stereocenters. The van der Waals surface area contributed by atoms with Gasteiger partial charge in [-0.15, -0.1) is 0 Å². The number of allylic oxidation sites excluding steroid dienone is 4. The number of thiocarbonyl (C=S) groups is 1. The molecule has 2 N–H and O–H groups in total. The monoisotopic (exact) mass is 340 g/mol. The average Bonchev–Trinajstić information content (AvgIpc) is 2.41. The van der Waals surface area contributed by atoms with Crippen molar-refractivity contribution in [2.75, 3.05) is 0 Å². The number of carboxylic acid groups (broad SMARTS) is 2. The van der Waals surface area contributed by atoms with Gasteiger partial charge in [0.15, 0.2) is 0 Å². The van der Waals surface area contributed by atoms with Gasteiger partial charge in [0.1, 0.15) is 5.76 Å². The Morgan fingerprint density at radius 1 is 1.13 bits per heavy atom. The molecule has 0 amide bonds. The zero-order valence-corrected chi connectivity index (χ0v) is 14.1. The number of ether oxygens (including phenoxy) is 1. The Balaban J connectivity index is 0. The van der Waals surface area contributed by atoms with E-state index in [9.17, 15) is 9.59 Å². The first kappa shape index (κ1) is 22.7. The fourth-order valence-corrected chi connectivity index (χ4v) is 1.01. The summed E-state index contributed by atoms with van der Waals surface area (Å²) in [6, 6.07) is 0. The maximum absolute atomic E-state index is 11.1. The number of aliphatic carboxylic acids is 2. The molecule has 0 spiro atoms. The predicted molar refractivity (Wildman–Crippen MR) is 91.1 cm³/mol. The fourth-order valence-electron chi connectivity index (χ4n) is 0.802. The van der Waals surface area contributed by atoms with Gasteiger partial charge in [0.2, 0.25) is 0 Å². The van der Waals surface area contributed by atoms with Gasteiger partial charge in [-0.1, -0.05) is 37.5 Å². The molecule has 23 heavy (non-hydrogen) atoms. The van der Waals surface area contributed by atoms with Crippen molar-refractivity contribution < 1.29 is 29.3 Å². The van der Waals surface area contributed by atoms with Crippen LogP contribution in [0.15, 0.2) is 48.3 Å². The van der Waals surface area contributed by atoms with E-state index in [2.05, 4.69) is 13.2 Å². The maximum Gasteiger partial charge on any atom is 0.338 e. The summed E-state index contributed by atoms with van der Waals surface area (Å²) in [7, 11) is 0. The van der Waals surface area contributed by atoms with Gasteiger partial charge in [0.25, 0.3) is 5.97 Å². The highest BCUT2D eigenvalue weighted by molar-refractivity contribution is 7.80. The number of hydrogen-bond acceptors (Lipinski definition) is 5. The van der Waals surface area contributed by atoms with Crippen LogP contribution in [0.1, 0.15) is 27.2 Å². The lowest BCUT2D eigenvalue weighted by Crippen LogP contribution is -2.11. The molecule has 0 radical (unpaired) electrons. The Morgan fingerprint density at radius 3 is 1.87 bits per heavy atom. The number of carbonyl (C=O) groups is 3. The summed E-state index contributed by atoms with van der Waals surface area (Å²) in [6.45, 7) is 10.8.